The average molecular weight is 741 g/mol. The van der Waals surface area contributed by atoms with E-state index in [4.69, 9.17) is 9.72 Å². The van der Waals surface area contributed by atoms with E-state index in [9.17, 15) is 24.0 Å². The number of amides is 5. The van der Waals surface area contributed by atoms with Crippen molar-refractivity contribution < 1.29 is 28.7 Å². The molecule has 0 radical (unpaired) electrons. The fourth-order valence-corrected chi connectivity index (χ4v) is 7.62. The van der Waals surface area contributed by atoms with Crippen LogP contribution in [0.5, 0.6) is 5.75 Å². The first-order chi connectivity index (χ1) is 26.7. The van der Waals surface area contributed by atoms with Crippen LogP contribution in [0.4, 0.5) is 11.5 Å². The van der Waals surface area contributed by atoms with E-state index in [2.05, 4.69) is 73.6 Å². The first-order valence-electron chi connectivity index (χ1n) is 18.5. The van der Waals surface area contributed by atoms with Crippen molar-refractivity contribution in [2.24, 2.45) is 0 Å². The number of fused-ring (bicyclic) bond motifs is 2. The number of nitrogens with zero attached hydrogens (tertiary/aromatic N) is 5. The van der Waals surface area contributed by atoms with Crippen LogP contribution in [-0.2, 0) is 14.4 Å². The molecule has 14 heteroatoms. The number of imidazole rings is 1. The molecule has 1 atom stereocenters. The molecule has 3 aliphatic heterocycles. The molecule has 2 saturated heterocycles. The summed E-state index contributed by atoms with van der Waals surface area (Å²) in [5.41, 5.74) is 6.47. The molecule has 5 heterocycles. The second-order valence-corrected chi connectivity index (χ2v) is 14.1. The summed E-state index contributed by atoms with van der Waals surface area (Å²) in [6.45, 7) is 4.79. The maximum atomic E-state index is 13.1. The Balaban J connectivity index is 0.793. The Morgan fingerprint density at radius 2 is 1.75 bits per heavy atom. The third kappa shape index (κ3) is 7.40. The molecule has 3 aliphatic rings. The van der Waals surface area contributed by atoms with Crippen molar-refractivity contribution in [2.45, 2.75) is 44.6 Å². The molecule has 0 aliphatic carbocycles. The zero-order valence-corrected chi connectivity index (χ0v) is 30.3. The number of piperidine rings is 2. The molecular formula is C41H40N8O6. The topological polar surface area (TPSA) is 167 Å². The number of ether oxygens (including phenoxy) is 1. The zero-order valence-electron chi connectivity index (χ0n) is 30.3. The van der Waals surface area contributed by atoms with Gasteiger partial charge in [0.2, 0.25) is 11.8 Å². The first-order valence-corrected chi connectivity index (χ1v) is 18.5. The Hall–Kier alpha value is -6.41. The van der Waals surface area contributed by atoms with Crippen LogP contribution >= 0.6 is 0 Å². The lowest BCUT2D eigenvalue weighted by molar-refractivity contribution is -0.136. The van der Waals surface area contributed by atoms with Gasteiger partial charge in [0, 0.05) is 43.2 Å². The van der Waals surface area contributed by atoms with Crippen molar-refractivity contribution in [1.82, 2.24) is 34.8 Å². The van der Waals surface area contributed by atoms with Crippen LogP contribution in [0.1, 0.15) is 63.4 Å². The summed E-state index contributed by atoms with van der Waals surface area (Å²) in [4.78, 5) is 75.0. The Kier molecular flexibility index (Phi) is 9.81. The van der Waals surface area contributed by atoms with Gasteiger partial charge in [-0.25, -0.2) is 9.97 Å². The lowest BCUT2D eigenvalue weighted by Gasteiger charge is -2.32. The monoisotopic (exact) mass is 740 g/mol. The second kappa shape index (κ2) is 15.1. The highest BCUT2D eigenvalue weighted by Crippen LogP contribution is 2.32. The number of likely N-dealkylation sites (tertiary alicyclic amines) is 1. The summed E-state index contributed by atoms with van der Waals surface area (Å²) in [5, 5.41) is 8.57. The number of hydrogen-bond acceptors (Lipinski definition) is 10. The molecule has 55 heavy (non-hydrogen) atoms. The Morgan fingerprint density at radius 1 is 0.927 bits per heavy atom. The molecule has 3 aromatic carbocycles. The molecular weight excluding hydrogens is 701 g/mol. The van der Waals surface area contributed by atoms with Gasteiger partial charge in [0.15, 0.2) is 18.1 Å². The van der Waals surface area contributed by atoms with Crippen molar-refractivity contribution in [3.8, 4) is 17.0 Å². The smallest absolute Gasteiger partial charge is 0.262 e. The molecule has 0 saturated carbocycles. The summed E-state index contributed by atoms with van der Waals surface area (Å²) in [6.07, 6.45) is 7.73. The van der Waals surface area contributed by atoms with Crippen LogP contribution in [-0.4, -0.2) is 92.5 Å². The van der Waals surface area contributed by atoms with Crippen molar-refractivity contribution >= 4 is 46.7 Å². The lowest BCUT2D eigenvalue weighted by Crippen LogP contribution is -2.54. The molecule has 0 bridgehead atoms. The number of rotatable bonds is 11. The van der Waals surface area contributed by atoms with Crippen LogP contribution in [0.3, 0.4) is 0 Å². The van der Waals surface area contributed by atoms with Gasteiger partial charge in [-0.3, -0.25) is 38.6 Å². The standard InChI is InChI=1S/C41H40N8O6/c1-25-4-2-6-28(20-25)34-23-44-37(38-43-15-19-48(34)38)45-29-7-3-5-27(21-29)26-12-16-47(17-13-26)18-14-42-36(51)24-55-30-8-9-31-32(22-30)41(54)49(40(31)53)33-10-11-35(50)46-39(33)52/h2-9,15,19-23,26,33H,10-14,16-18,24H2,1H3,(H,42,51)(H,44,45)(H,46,50,52). The fourth-order valence-electron chi connectivity index (χ4n) is 7.62. The lowest BCUT2D eigenvalue weighted by atomic mass is 9.89. The molecule has 2 aromatic heterocycles. The van der Waals surface area contributed by atoms with E-state index in [0.29, 0.717) is 24.8 Å². The molecule has 5 aromatic rings. The number of aromatic nitrogens is 3. The van der Waals surface area contributed by atoms with Crippen molar-refractivity contribution in [2.75, 3.05) is 38.1 Å². The summed E-state index contributed by atoms with van der Waals surface area (Å²) < 4.78 is 7.70. The van der Waals surface area contributed by atoms with E-state index in [-0.39, 0.29) is 42.2 Å². The van der Waals surface area contributed by atoms with E-state index < -0.39 is 29.7 Å². The maximum absolute atomic E-state index is 13.1. The predicted octanol–water partition coefficient (Wildman–Crippen LogP) is 4.22. The number of imide groups is 2. The molecule has 280 valence electrons. The minimum atomic E-state index is -1.05. The number of nitrogens with one attached hydrogen (secondary N) is 3. The second-order valence-electron chi connectivity index (χ2n) is 14.1. The highest BCUT2D eigenvalue weighted by molar-refractivity contribution is 6.23. The summed E-state index contributed by atoms with van der Waals surface area (Å²) in [7, 11) is 0. The summed E-state index contributed by atoms with van der Waals surface area (Å²) in [5.74, 6) is -1.29. The first kappa shape index (κ1) is 35.6. The van der Waals surface area contributed by atoms with Crippen LogP contribution < -0.4 is 20.7 Å². The van der Waals surface area contributed by atoms with E-state index in [1.807, 2.05) is 24.5 Å². The van der Waals surface area contributed by atoms with Crippen LogP contribution in [0, 0.1) is 6.92 Å². The number of benzene rings is 3. The number of carbonyl (C=O) groups is 5. The van der Waals surface area contributed by atoms with Gasteiger partial charge in [-0.05, 0) is 87.2 Å². The number of hydrogen-bond donors (Lipinski definition) is 3. The predicted molar refractivity (Wildman–Crippen MR) is 203 cm³/mol. The Labute approximate surface area is 316 Å². The molecule has 5 amide bonds. The van der Waals surface area contributed by atoms with Gasteiger partial charge in [-0.15, -0.1) is 0 Å². The molecule has 14 nitrogen and oxygen atoms in total. The minimum absolute atomic E-state index is 0.0412. The van der Waals surface area contributed by atoms with Gasteiger partial charge in [-0.2, -0.15) is 0 Å². The van der Waals surface area contributed by atoms with E-state index >= 15 is 0 Å². The van der Waals surface area contributed by atoms with Gasteiger partial charge in [0.05, 0.1) is 23.0 Å². The van der Waals surface area contributed by atoms with Gasteiger partial charge >= 0.3 is 0 Å². The van der Waals surface area contributed by atoms with Gasteiger partial charge < -0.3 is 20.3 Å². The molecule has 2 fully saturated rings. The van der Waals surface area contributed by atoms with Crippen LogP contribution in [0.2, 0.25) is 0 Å². The fraction of sp³-hybridized carbons (Fsp3) is 0.293. The number of carbonyl (C=O) groups excluding carboxylic acids is 5. The van der Waals surface area contributed by atoms with Crippen molar-refractivity contribution in [3.05, 3.63) is 108 Å². The van der Waals surface area contributed by atoms with Crippen molar-refractivity contribution in [1.29, 1.82) is 0 Å². The van der Waals surface area contributed by atoms with Crippen molar-refractivity contribution in [3.63, 3.8) is 0 Å². The zero-order chi connectivity index (χ0) is 38.1. The average Bonchev–Trinajstić information content (AvgIpc) is 3.78. The highest BCUT2D eigenvalue weighted by Gasteiger charge is 2.44. The molecule has 3 N–H and O–H groups in total. The SMILES string of the molecule is Cc1cccc(-c2cnc(Nc3cccc(C4CCN(CCNC(=O)COc5ccc6c(c5)C(=O)N(C5CCC(=O)NC5=O)C6=O)CC4)c3)c3nccn23)c1. The Morgan fingerprint density at radius 3 is 2.56 bits per heavy atom. The van der Waals surface area contributed by atoms with Gasteiger partial charge in [0.1, 0.15) is 11.8 Å². The summed E-state index contributed by atoms with van der Waals surface area (Å²) in [6, 6.07) is 20.1. The number of aryl methyl sites for hydroxylation is 1. The van der Waals surface area contributed by atoms with Gasteiger partial charge in [0.25, 0.3) is 17.7 Å². The van der Waals surface area contributed by atoms with Crippen LogP contribution in [0.15, 0.2) is 85.3 Å². The molecule has 0 spiro atoms. The maximum Gasteiger partial charge on any atom is 0.262 e. The molecule has 1 unspecified atom stereocenters. The van der Waals surface area contributed by atoms with Gasteiger partial charge in [-0.1, -0.05) is 35.9 Å². The normalized spacial score (nSPS) is 17.7. The van der Waals surface area contributed by atoms with E-state index in [1.54, 1.807) is 6.20 Å². The van der Waals surface area contributed by atoms with Crippen LogP contribution in [0.25, 0.3) is 16.9 Å². The molecule has 8 rings (SSSR count). The Bertz CT molecular complexity index is 2330. The number of anilines is 2. The quantitative estimate of drug-likeness (QED) is 0.167. The van der Waals surface area contributed by atoms with E-state index in [1.165, 1.54) is 29.3 Å². The third-order valence-corrected chi connectivity index (χ3v) is 10.5. The third-order valence-electron chi connectivity index (χ3n) is 10.5. The summed E-state index contributed by atoms with van der Waals surface area (Å²) >= 11 is 0. The minimum Gasteiger partial charge on any atom is -0.484 e. The van der Waals surface area contributed by atoms with E-state index in [0.717, 1.165) is 53.4 Å². The largest absolute Gasteiger partial charge is 0.484 e. The highest BCUT2D eigenvalue weighted by atomic mass is 16.5.